The summed E-state index contributed by atoms with van der Waals surface area (Å²) in [6.07, 6.45) is 3.62. The van der Waals surface area contributed by atoms with Crippen LogP contribution in [0.25, 0.3) is 0 Å². The lowest BCUT2D eigenvalue weighted by Gasteiger charge is -2.23. The van der Waals surface area contributed by atoms with E-state index in [0.717, 1.165) is 36.9 Å². The zero-order valence-corrected chi connectivity index (χ0v) is 16.9. The van der Waals surface area contributed by atoms with Gasteiger partial charge in [-0.2, -0.15) is 8.78 Å². The highest BCUT2D eigenvalue weighted by molar-refractivity contribution is 7.99. The number of fused-ring (bicyclic) bond motifs is 1. The average Bonchev–Trinajstić information content (AvgIpc) is 2.64. The van der Waals surface area contributed by atoms with E-state index in [2.05, 4.69) is 15.3 Å². The van der Waals surface area contributed by atoms with E-state index in [1.54, 1.807) is 12.1 Å². The van der Waals surface area contributed by atoms with Crippen LogP contribution in [0.3, 0.4) is 0 Å². The maximum absolute atomic E-state index is 14.6. The number of alkyl halides is 2. The van der Waals surface area contributed by atoms with E-state index in [1.165, 1.54) is 23.9 Å². The van der Waals surface area contributed by atoms with Gasteiger partial charge in [-0.15, -0.1) is 12.4 Å². The Hall–Kier alpha value is -1.15. The maximum atomic E-state index is 14.6. The Labute approximate surface area is 172 Å². The van der Waals surface area contributed by atoms with Crippen molar-refractivity contribution < 1.29 is 13.9 Å². The predicted octanol–water partition coefficient (Wildman–Crippen LogP) is 4.72. The Kier molecular flexibility index (Phi) is 8.09. The van der Waals surface area contributed by atoms with Gasteiger partial charge in [-0.1, -0.05) is 41.6 Å². The molecule has 0 radical (unpaired) electrons. The molecule has 1 aromatic heterocycles. The van der Waals surface area contributed by atoms with Crippen LogP contribution in [0.1, 0.15) is 29.7 Å². The number of hydrogen-bond donors (Lipinski definition) is 2. The number of anilines is 1. The van der Waals surface area contributed by atoms with Crippen molar-refractivity contribution in [3.05, 3.63) is 46.1 Å². The Morgan fingerprint density at radius 3 is 2.67 bits per heavy atom. The van der Waals surface area contributed by atoms with Crippen LogP contribution in [-0.4, -0.2) is 34.0 Å². The highest BCUT2D eigenvalue weighted by Crippen LogP contribution is 2.34. The molecule has 0 aliphatic heterocycles. The van der Waals surface area contributed by atoms with Crippen LogP contribution in [-0.2, 0) is 18.8 Å². The van der Waals surface area contributed by atoms with Crippen molar-refractivity contribution in [2.45, 2.75) is 36.8 Å². The van der Waals surface area contributed by atoms with Gasteiger partial charge < -0.3 is 10.4 Å². The molecule has 3 rings (SSSR count). The molecule has 0 spiro atoms. The van der Waals surface area contributed by atoms with Crippen LogP contribution >= 0.6 is 35.8 Å². The number of aromatic nitrogens is 2. The van der Waals surface area contributed by atoms with E-state index in [1.807, 2.05) is 0 Å². The third-order valence-corrected chi connectivity index (χ3v) is 5.39. The molecule has 1 aliphatic carbocycles. The van der Waals surface area contributed by atoms with Gasteiger partial charge in [0.25, 0.3) is 5.92 Å². The molecule has 27 heavy (non-hydrogen) atoms. The number of halogens is 4. The van der Waals surface area contributed by atoms with Crippen molar-refractivity contribution in [1.82, 2.24) is 9.97 Å². The topological polar surface area (TPSA) is 58.0 Å². The fraction of sp³-hybridized carbons (Fsp3) is 0.444. The van der Waals surface area contributed by atoms with Gasteiger partial charge in [0.05, 0.1) is 18.8 Å². The number of nitrogens with one attached hydrogen (secondary N) is 1. The molecule has 1 heterocycles. The molecule has 0 atom stereocenters. The Balaban J connectivity index is 0.00000261. The average molecular weight is 436 g/mol. The van der Waals surface area contributed by atoms with Crippen molar-refractivity contribution in [1.29, 1.82) is 0 Å². The van der Waals surface area contributed by atoms with Crippen molar-refractivity contribution >= 4 is 41.6 Å². The highest BCUT2D eigenvalue weighted by atomic mass is 35.5. The lowest BCUT2D eigenvalue weighted by Crippen LogP contribution is -2.26. The fourth-order valence-electron chi connectivity index (χ4n) is 2.97. The summed E-state index contributed by atoms with van der Waals surface area (Å²) in [7, 11) is 0. The first-order chi connectivity index (χ1) is 12.5. The van der Waals surface area contributed by atoms with Crippen LogP contribution < -0.4 is 5.32 Å². The molecular formula is C18H21Cl2F2N3OS. The normalized spacial score (nSPS) is 13.6. The smallest absolute Gasteiger partial charge is 0.291 e. The van der Waals surface area contributed by atoms with Gasteiger partial charge in [-0.3, -0.25) is 0 Å². The molecule has 0 unspecified atom stereocenters. The molecule has 0 bridgehead atoms. The minimum absolute atomic E-state index is 0. The molecular weight excluding hydrogens is 415 g/mol. The number of thioether (sulfide) groups is 1. The lowest BCUT2D eigenvalue weighted by molar-refractivity contribution is 0.0106. The monoisotopic (exact) mass is 435 g/mol. The van der Waals surface area contributed by atoms with Gasteiger partial charge in [0, 0.05) is 21.9 Å². The summed E-state index contributed by atoms with van der Waals surface area (Å²) in [5.74, 6) is -2.20. The maximum Gasteiger partial charge on any atom is 0.291 e. The first-order valence-electron chi connectivity index (χ1n) is 8.51. The van der Waals surface area contributed by atoms with Crippen LogP contribution in [0.2, 0.25) is 5.02 Å². The standard InChI is InChI=1S/C18H20ClF2N3OS.ClH/c19-14-7-3-2-6-13(14)18(20,21)11-22-16-12-5-1-4-8-15(12)23-17(24-16)26-10-9-25;/h2-3,6-7,25H,1,4-5,8-11H2,(H,22,23,24);1H. The molecule has 2 N–H and O–H groups in total. The van der Waals surface area contributed by atoms with E-state index < -0.39 is 12.5 Å². The van der Waals surface area contributed by atoms with Gasteiger partial charge >= 0.3 is 0 Å². The molecule has 148 valence electrons. The molecule has 0 saturated carbocycles. The SMILES string of the molecule is Cl.OCCSc1nc2c(c(NCC(F)(F)c3ccccc3Cl)n1)CCCC2. The quantitative estimate of drug-likeness (QED) is 0.486. The number of aryl methyl sites for hydroxylation is 1. The van der Waals surface area contributed by atoms with Crippen LogP contribution in [0, 0.1) is 0 Å². The summed E-state index contributed by atoms with van der Waals surface area (Å²) in [6.45, 7) is -0.581. The number of rotatable bonds is 7. The second-order valence-electron chi connectivity index (χ2n) is 6.10. The number of aliphatic hydroxyl groups excluding tert-OH is 1. The van der Waals surface area contributed by atoms with E-state index in [-0.39, 0.29) is 29.6 Å². The van der Waals surface area contributed by atoms with Gasteiger partial charge in [0.2, 0.25) is 0 Å². The highest BCUT2D eigenvalue weighted by Gasteiger charge is 2.34. The van der Waals surface area contributed by atoms with Crippen LogP contribution in [0.5, 0.6) is 0 Å². The van der Waals surface area contributed by atoms with Crippen molar-refractivity contribution in [3.63, 3.8) is 0 Å². The number of hydrogen-bond acceptors (Lipinski definition) is 5. The zero-order valence-electron chi connectivity index (χ0n) is 14.6. The largest absolute Gasteiger partial charge is 0.396 e. The van der Waals surface area contributed by atoms with Crippen molar-refractivity contribution in [2.24, 2.45) is 0 Å². The molecule has 0 saturated heterocycles. The van der Waals surface area contributed by atoms with Gasteiger partial charge in [-0.25, -0.2) is 9.97 Å². The van der Waals surface area contributed by atoms with Crippen LogP contribution in [0.15, 0.2) is 29.4 Å². The summed E-state index contributed by atoms with van der Waals surface area (Å²) in [5.41, 5.74) is 1.63. The van der Waals surface area contributed by atoms with Gasteiger partial charge in [0.15, 0.2) is 5.16 Å². The summed E-state index contributed by atoms with van der Waals surface area (Å²) in [5, 5.41) is 12.4. The first-order valence-corrected chi connectivity index (χ1v) is 9.88. The Morgan fingerprint density at radius 2 is 1.93 bits per heavy atom. The zero-order chi connectivity index (χ0) is 18.6. The van der Waals surface area contributed by atoms with Gasteiger partial charge in [-0.05, 0) is 31.7 Å². The van der Waals surface area contributed by atoms with Crippen molar-refractivity contribution in [3.8, 4) is 0 Å². The Bertz CT molecular complexity index is 780. The minimum atomic E-state index is -3.12. The number of aliphatic hydroxyl groups is 1. The van der Waals surface area contributed by atoms with E-state index in [4.69, 9.17) is 16.7 Å². The third-order valence-electron chi connectivity index (χ3n) is 4.23. The third kappa shape index (κ3) is 5.44. The first kappa shape index (κ1) is 22.1. The predicted molar refractivity (Wildman–Crippen MR) is 108 cm³/mol. The Morgan fingerprint density at radius 1 is 1.19 bits per heavy atom. The second kappa shape index (κ2) is 9.87. The minimum Gasteiger partial charge on any atom is -0.396 e. The molecule has 0 amide bonds. The molecule has 9 heteroatoms. The van der Waals surface area contributed by atoms with E-state index >= 15 is 0 Å². The fourth-order valence-corrected chi connectivity index (χ4v) is 3.85. The van der Waals surface area contributed by atoms with Crippen molar-refractivity contribution in [2.75, 3.05) is 24.2 Å². The lowest BCUT2D eigenvalue weighted by atomic mass is 9.96. The summed E-state index contributed by atoms with van der Waals surface area (Å²) >= 11 is 7.25. The number of benzene rings is 1. The second-order valence-corrected chi connectivity index (χ2v) is 7.57. The number of nitrogens with zero attached hydrogens (tertiary/aromatic N) is 2. The van der Waals surface area contributed by atoms with E-state index in [0.29, 0.717) is 16.7 Å². The van der Waals surface area contributed by atoms with Crippen LogP contribution in [0.4, 0.5) is 14.6 Å². The van der Waals surface area contributed by atoms with E-state index in [9.17, 15) is 8.78 Å². The summed E-state index contributed by atoms with van der Waals surface area (Å²) in [6, 6.07) is 5.97. The molecule has 4 nitrogen and oxygen atoms in total. The molecule has 1 aliphatic rings. The van der Waals surface area contributed by atoms with Gasteiger partial charge in [0.1, 0.15) is 5.82 Å². The molecule has 0 fully saturated rings. The summed E-state index contributed by atoms with van der Waals surface area (Å²) < 4.78 is 29.2. The summed E-state index contributed by atoms with van der Waals surface area (Å²) in [4.78, 5) is 8.93. The molecule has 2 aromatic rings. The molecule has 1 aromatic carbocycles.